The highest BCUT2D eigenvalue weighted by Gasteiger charge is 2.20. The van der Waals surface area contributed by atoms with Crippen LogP contribution in [0.5, 0.6) is 0 Å². The summed E-state index contributed by atoms with van der Waals surface area (Å²) in [6.07, 6.45) is 3.50. The van der Waals surface area contributed by atoms with Crippen molar-refractivity contribution in [3.8, 4) is 11.4 Å². The van der Waals surface area contributed by atoms with Crippen LogP contribution >= 0.6 is 0 Å². The molecule has 3 heteroatoms. The Morgan fingerprint density at radius 3 is 3.00 bits per heavy atom. The van der Waals surface area contributed by atoms with Gasteiger partial charge in [0.15, 0.2) is 5.82 Å². The van der Waals surface area contributed by atoms with Crippen molar-refractivity contribution in [1.82, 2.24) is 14.8 Å². The van der Waals surface area contributed by atoms with Gasteiger partial charge >= 0.3 is 0 Å². The second-order valence-electron chi connectivity index (χ2n) is 4.91. The van der Waals surface area contributed by atoms with E-state index in [-0.39, 0.29) is 0 Å². The van der Waals surface area contributed by atoms with E-state index in [1.807, 2.05) is 0 Å². The average molecular weight is 227 g/mol. The van der Waals surface area contributed by atoms with Gasteiger partial charge in [0.25, 0.3) is 0 Å². The molecule has 2 heterocycles. The van der Waals surface area contributed by atoms with Gasteiger partial charge in [0.2, 0.25) is 0 Å². The molecule has 17 heavy (non-hydrogen) atoms. The zero-order valence-electron chi connectivity index (χ0n) is 10.3. The van der Waals surface area contributed by atoms with Crippen molar-refractivity contribution in [2.45, 2.75) is 39.2 Å². The summed E-state index contributed by atoms with van der Waals surface area (Å²) < 4.78 is 2.10. The standard InChI is InChI=1S/C14H17N3/c1-10-5-3-7-12(9-10)14-15-13-8-4-6-11(2)17(13)16-14/h3,5,7,9,11H,4,6,8H2,1-2H3. The average Bonchev–Trinajstić information content (AvgIpc) is 2.74. The molecule has 88 valence electrons. The fraction of sp³-hybridized carbons (Fsp3) is 0.429. The first kappa shape index (κ1) is 10.5. The van der Waals surface area contributed by atoms with Gasteiger partial charge in [-0.3, -0.25) is 0 Å². The maximum Gasteiger partial charge on any atom is 0.181 e. The number of hydrogen-bond acceptors (Lipinski definition) is 2. The van der Waals surface area contributed by atoms with Crippen molar-refractivity contribution in [2.24, 2.45) is 0 Å². The maximum atomic E-state index is 4.66. The van der Waals surface area contributed by atoms with E-state index in [9.17, 15) is 0 Å². The summed E-state index contributed by atoms with van der Waals surface area (Å²) in [5.74, 6) is 2.01. The molecule has 0 saturated heterocycles. The molecular formula is C14H17N3. The third-order valence-electron chi connectivity index (χ3n) is 3.42. The van der Waals surface area contributed by atoms with Crippen LogP contribution in [0.25, 0.3) is 11.4 Å². The van der Waals surface area contributed by atoms with Gasteiger partial charge in [-0.25, -0.2) is 9.67 Å². The van der Waals surface area contributed by atoms with Crippen molar-refractivity contribution in [3.05, 3.63) is 35.7 Å². The summed E-state index contributed by atoms with van der Waals surface area (Å²) in [6.45, 7) is 4.32. The Bertz CT molecular complexity index is 542. The predicted octanol–water partition coefficient (Wildman–Crippen LogP) is 3.15. The number of rotatable bonds is 1. The minimum atomic E-state index is 0.491. The summed E-state index contributed by atoms with van der Waals surface area (Å²) in [7, 11) is 0. The fourth-order valence-corrected chi connectivity index (χ4v) is 2.46. The van der Waals surface area contributed by atoms with Crippen molar-refractivity contribution in [1.29, 1.82) is 0 Å². The fourth-order valence-electron chi connectivity index (χ4n) is 2.46. The highest BCUT2D eigenvalue weighted by molar-refractivity contribution is 5.55. The van der Waals surface area contributed by atoms with E-state index in [4.69, 9.17) is 0 Å². The van der Waals surface area contributed by atoms with Gasteiger partial charge < -0.3 is 0 Å². The van der Waals surface area contributed by atoms with Crippen LogP contribution < -0.4 is 0 Å². The largest absolute Gasteiger partial charge is 0.247 e. The molecule has 1 aliphatic rings. The molecule has 1 atom stereocenters. The molecule has 0 amide bonds. The number of benzene rings is 1. The lowest BCUT2D eigenvalue weighted by molar-refractivity contribution is 0.389. The number of hydrogen-bond donors (Lipinski definition) is 0. The number of fused-ring (bicyclic) bond motifs is 1. The Morgan fingerprint density at radius 1 is 1.35 bits per heavy atom. The summed E-state index contributed by atoms with van der Waals surface area (Å²) in [4.78, 5) is 4.66. The van der Waals surface area contributed by atoms with Gasteiger partial charge in [0.05, 0.1) is 6.04 Å². The van der Waals surface area contributed by atoms with Crippen LogP contribution in [0.1, 0.15) is 37.2 Å². The van der Waals surface area contributed by atoms with Crippen molar-refractivity contribution in [3.63, 3.8) is 0 Å². The van der Waals surface area contributed by atoms with Gasteiger partial charge in [0.1, 0.15) is 5.82 Å². The number of aromatic nitrogens is 3. The van der Waals surface area contributed by atoms with Crippen molar-refractivity contribution < 1.29 is 0 Å². The van der Waals surface area contributed by atoms with Crippen LogP contribution in [0, 0.1) is 6.92 Å². The normalized spacial score (nSPS) is 19.1. The van der Waals surface area contributed by atoms with Crippen LogP contribution in [0.15, 0.2) is 24.3 Å². The Kier molecular flexibility index (Phi) is 2.46. The quantitative estimate of drug-likeness (QED) is 0.749. The van der Waals surface area contributed by atoms with E-state index in [0.29, 0.717) is 6.04 Å². The van der Waals surface area contributed by atoms with Gasteiger partial charge in [0, 0.05) is 12.0 Å². The molecule has 1 unspecified atom stereocenters. The van der Waals surface area contributed by atoms with Crippen LogP contribution in [0.4, 0.5) is 0 Å². The van der Waals surface area contributed by atoms with Gasteiger partial charge in [-0.2, -0.15) is 5.10 Å². The van der Waals surface area contributed by atoms with Crippen molar-refractivity contribution >= 4 is 0 Å². The Labute approximate surface area is 101 Å². The Morgan fingerprint density at radius 2 is 2.24 bits per heavy atom. The minimum absolute atomic E-state index is 0.491. The molecule has 1 aliphatic heterocycles. The smallest absolute Gasteiger partial charge is 0.181 e. The second-order valence-corrected chi connectivity index (χ2v) is 4.91. The van der Waals surface area contributed by atoms with Crippen LogP contribution in [-0.4, -0.2) is 14.8 Å². The van der Waals surface area contributed by atoms with Crippen LogP contribution in [0.2, 0.25) is 0 Å². The van der Waals surface area contributed by atoms with Crippen LogP contribution in [0.3, 0.4) is 0 Å². The van der Waals surface area contributed by atoms with Gasteiger partial charge in [-0.05, 0) is 32.8 Å². The lowest BCUT2D eigenvalue weighted by Gasteiger charge is -2.18. The summed E-state index contributed by atoms with van der Waals surface area (Å²) >= 11 is 0. The van der Waals surface area contributed by atoms with Crippen molar-refractivity contribution in [2.75, 3.05) is 0 Å². The first-order valence-electron chi connectivity index (χ1n) is 6.26. The zero-order valence-corrected chi connectivity index (χ0v) is 10.3. The predicted molar refractivity (Wildman–Crippen MR) is 67.8 cm³/mol. The molecular weight excluding hydrogens is 210 g/mol. The van der Waals surface area contributed by atoms with E-state index in [1.165, 1.54) is 18.4 Å². The maximum absolute atomic E-state index is 4.66. The molecule has 3 rings (SSSR count). The Balaban J connectivity index is 2.05. The first-order valence-corrected chi connectivity index (χ1v) is 6.26. The van der Waals surface area contributed by atoms with Crippen LogP contribution in [-0.2, 0) is 6.42 Å². The number of aryl methyl sites for hydroxylation is 2. The lowest BCUT2D eigenvalue weighted by atomic mass is 10.1. The molecule has 1 aromatic heterocycles. The van der Waals surface area contributed by atoms with Gasteiger partial charge in [-0.15, -0.1) is 0 Å². The first-order chi connectivity index (χ1) is 8.24. The van der Waals surface area contributed by atoms with E-state index < -0.39 is 0 Å². The molecule has 0 saturated carbocycles. The molecule has 0 fully saturated rings. The number of nitrogens with zero attached hydrogens (tertiary/aromatic N) is 3. The topological polar surface area (TPSA) is 30.7 Å². The lowest BCUT2D eigenvalue weighted by Crippen LogP contribution is -2.16. The highest BCUT2D eigenvalue weighted by atomic mass is 15.4. The Hall–Kier alpha value is -1.64. The minimum Gasteiger partial charge on any atom is -0.247 e. The summed E-state index contributed by atoms with van der Waals surface area (Å²) in [5, 5.41) is 4.65. The van der Waals surface area contributed by atoms with E-state index in [2.05, 4.69) is 52.9 Å². The second kappa shape index (κ2) is 3.99. The molecule has 0 N–H and O–H groups in total. The third-order valence-corrected chi connectivity index (χ3v) is 3.42. The van der Waals surface area contributed by atoms with E-state index in [1.54, 1.807) is 0 Å². The molecule has 2 aromatic rings. The highest BCUT2D eigenvalue weighted by Crippen LogP contribution is 2.25. The zero-order chi connectivity index (χ0) is 11.8. The molecule has 0 spiro atoms. The van der Waals surface area contributed by atoms with E-state index in [0.717, 1.165) is 23.6 Å². The SMILES string of the molecule is Cc1cccc(-c2nc3n(n2)C(C)CCC3)c1. The monoisotopic (exact) mass is 227 g/mol. The van der Waals surface area contributed by atoms with E-state index >= 15 is 0 Å². The van der Waals surface area contributed by atoms with Gasteiger partial charge in [-0.1, -0.05) is 23.8 Å². The molecule has 1 aromatic carbocycles. The molecule has 0 bridgehead atoms. The summed E-state index contributed by atoms with van der Waals surface area (Å²) in [5.41, 5.74) is 2.38. The third kappa shape index (κ3) is 1.86. The molecule has 0 radical (unpaired) electrons. The molecule has 3 nitrogen and oxygen atoms in total. The molecule has 0 aliphatic carbocycles. The summed E-state index contributed by atoms with van der Waals surface area (Å²) in [6, 6.07) is 8.88.